The van der Waals surface area contributed by atoms with Crippen LogP contribution >= 0.6 is 0 Å². The summed E-state index contributed by atoms with van der Waals surface area (Å²) < 4.78 is 15.4. The van der Waals surface area contributed by atoms with E-state index in [0.29, 0.717) is 18.4 Å². The van der Waals surface area contributed by atoms with Crippen LogP contribution in [0.3, 0.4) is 0 Å². The van der Waals surface area contributed by atoms with Crippen molar-refractivity contribution in [3.8, 4) is 0 Å². The van der Waals surface area contributed by atoms with Crippen LogP contribution in [-0.4, -0.2) is 33.1 Å². The lowest BCUT2D eigenvalue weighted by molar-refractivity contribution is -0.141. The first-order chi connectivity index (χ1) is 7.43. The van der Waals surface area contributed by atoms with E-state index in [0.717, 1.165) is 6.42 Å². The molecule has 1 aliphatic rings. The second-order valence-corrected chi connectivity index (χ2v) is 4.97. The fraction of sp³-hybridized carbons (Fsp3) is 0.917. The van der Waals surface area contributed by atoms with Gasteiger partial charge in [0.2, 0.25) is 0 Å². The van der Waals surface area contributed by atoms with Crippen molar-refractivity contribution in [3.05, 3.63) is 0 Å². The highest BCUT2D eigenvalue weighted by Gasteiger charge is 2.58. The Morgan fingerprint density at radius 2 is 1.81 bits per heavy atom. The average Bonchev–Trinajstić information content (AvgIpc) is 2.73. The monoisotopic (exact) mass is 230 g/mol. The second kappa shape index (κ2) is 5.15. The highest BCUT2D eigenvalue weighted by atomic mass is 16.7. The molecule has 4 nitrogen and oxygen atoms in total. The van der Waals surface area contributed by atoms with Crippen LogP contribution in [0.2, 0.25) is 0 Å². The smallest absolute Gasteiger partial charge is 0.302 e. The summed E-state index contributed by atoms with van der Waals surface area (Å²) in [7, 11) is 3.29. The van der Waals surface area contributed by atoms with E-state index in [4.69, 9.17) is 14.2 Å². The van der Waals surface area contributed by atoms with E-state index in [9.17, 15) is 4.79 Å². The van der Waals surface area contributed by atoms with Crippen LogP contribution in [0.25, 0.3) is 0 Å². The van der Waals surface area contributed by atoms with Crippen LogP contribution in [0.1, 0.15) is 27.2 Å². The molecule has 0 radical (unpaired) electrons. The Labute approximate surface area is 97.2 Å². The summed E-state index contributed by atoms with van der Waals surface area (Å²) in [6.07, 6.45) is 0.693. The average molecular weight is 230 g/mol. The molecule has 0 bridgehead atoms. The molecule has 0 N–H and O–H groups in total. The van der Waals surface area contributed by atoms with Crippen LogP contribution in [0.15, 0.2) is 0 Å². The third-order valence-corrected chi connectivity index (χ3v) is 3.73. The standard InChI is InChI=1S/C12H22O4/c1-8(13)16-7-10-9(12(10,2)3)6-11(14-4)15-5/h9-11H,6-7H2,1-5H3/t9-,10-/m1/s1. The third-order valence-electron chi connectivity index (χ3n) is 3.73. The van der Waals surface area contributed by atoms with Crippen LogP contribution < -0.4 is 0 Å². The molecule has 2 atom stereocenters. The predicted octanol–water partition coefficient (Wildman–Crippen LogP) is 1.83. The molecule has 0 aromatic carbocycles. The normalized spacial score (nSPS) is 26.9. The predicted molar refractivity (Wildman–Crippen MR) is 59.8 cm³/mol. The quantitative estimate of drug-likeness (QED) is 0.516. The van der Waals surface area contributed by atoms with Gasteiger partial charge in [0.05, 0.1) is 6.61 Å². The molecule has 94 valence electrons. The molecule has 16 heavy (non-hydrogen) atoms. The number of carbonyl (C=O) groups excluding carboxylic acids is 1. The van der Waals surface area contributed by atoms with Crippen molar-refractivity contribution in [1.82, 2.24) is 0 Å². The molecular weight excluding hydrogens is 208 g/mol. The first-order valence-electron chi connectivity index (χ1n) is 5.62. The summed E-state index contributed by atoms with van der Waals surface area (Å²) in [6, 6.07) is 0. The van der Waals surface area contributed by atoms with Crippen LogP contribution in [-0.2, 0) is 19.0 Å². The van der Waals surface area contributed by atoms with E-state index in [-0.39, 0.29) is 17.7 Å². The summed E-state index contributed by atoms with van der Waals surface area (Å²) in [5.74, 6) is 0.706. The largest absolute Gasteiger partial charge is 0.466 e. The molecule has 1 saturated carbocycles. The molecule has 0 unspecified atom stereocenters. The van der Waals surface area contributed by atoms with Crippen molar-refractivity contribution >= 4 is 5.97 Å². The van der Waals surface area contributed by atoms with Crippen molar-refractivity contribution in [2.75, 3.05) is 20.8 Å². The Bertz CT molecular complexity index is 245. The molecule has 0 spiro atoms. The van der Waals surface area contributed by atoms with Gasteiger partial charge in [-0.2, -0.15) is 0 Å². The van der Waals surface area contributed by atoms with Gasteiger partial charge in [-0.1, -0.05) is 13.8 Å². The molecule has 1 rings (SSSR count). The topological polar surface area (TPSA) is 44.8 Å². The van der Waals surface area contributed by atoms with Crippen LogP contribution in [0.5, 0.6) is 0 Å². The maximum absolute atomic E-state index is 10.8. The molecular formula is C12H22O4. The van der Waals surface area contributed by atoms with E-state index < -0.39 is 0 Å². The molecule has 0 aliphatic heterocycles. The molecule has 4 heteroatoms. The minimum atomic E-state index is -0.212. The van der Waals surface area contributed by atoms with E-state index in [2.05, 4.69) is 13.8 Å². The van der Waals surface area contributed by atoms with Crippen molar-refractivity contribution in [1.29, 1.82) is 0 Å². The molecule has 0 saturated heterocycles. The summed E-state index contributed by atoms with van der Waals surface area (Å²) >= 11 is 0. The van der Waals surface area contributed by atoms with E-state index >= 15 is 0 Å². The minimum Gasteiger partial charge on any atom is -0.466 e. The Kier molecular flexibility index (Phi) is 4.33. The molecule has 0 aromatic rings. The third kappa shape index (κ3) is 2.95. The van der Waals surface area contributed by atoms with E-state index in [1.54, 1.807) is 14.2 Å². The van der Waals surface area contributed by atoms with Gasteiger partial charge < -0.3 is 14.2 Å². The van der Waals surface area contributed by atoms with Crippen LogP contribution in [0.4, 0.5) is 0 Å². The summed E-state index contributed by atoms with van der Waals surface area (Å²) in [6.45, 7) is 6.33. The van der Waals surface area contributed by atoms with Crippen molar-refractivity contribution in [3.63, 3.8) is 0 Å². The van der Waals surface area contributed by atoms with Gasteiger partial charge in [0, 0.05) is 33.5 Å². The van der Waals surface area contributed by atoms with E-state index in [1.165, 1.54) is 6.92 Å². The molecule has 0 heterocycles. The van der Waals surface area contributed by atoms with Crippen LogP contribution in [0, 0.1) is 17.3 Å². The van der Waals surface area contributed by atoms with Gasteiger partial charge in [0.25, 0.3) is 0 Å². The SMILES string of the molecule is COC(C[C@@H]1[C@@H](COC(C)=O)C1(C)C)OC. The Morgan fingerprint density at radius 1 is 1.25 bits per heavy atom. The fourth-order valence-electron chi connectivity index (χ4n) is 2.36. The van der Waals surface area contributed by atoms with E-state index in [1.807, 2.05) is 0 Å². The van der Waals surface area contributed by atoms with Gasteiger partial charge in [0.1, 0.15) is 0 Å². The highest BCUT2D eigenvalue weighted by Crippen LogP contribution is 2.60. The Morgan fingerprint density at radius 3 is 2.25 bits per heavy atom. The Balaban J connectivity index is 2.40. The first-order valence-corrected chi connectivity index (χ1v) is 5.62. The summed E-state index contributed by atoms with van der Waals surface area (Å²) in [5.41, 5.74) is 0.213. The lowest BCUT2D eigenvalue weighted by atomic mass is 10.1. The fourth-order valence-corrected chi connectivity index (χ4v) is 2.36. The number of esters is 1. The summed E-state index contributed by atoms with van der Waals surface area (Å²) in [4.78, 5) is 10.8. The molecule has 1 fully saturated rings. The number of hydrogen-bond acceptors (Lipinski definition) is 4. The molecule has 0 aromatic heterocycles. The summed E-state index contributed by atoms with van der Waals surface area (Å²) in [5, 5.41) is 0. The zero-order chi connectivity index (χ0) is 12.3. The number of ether oxygens (including phenoxy) is 3. The second-order valence-electron chi connectivity index (χ2n) is 4.97. The number of carbonyl (C=O) groups is 1. The van der Waals surface area contributed by atoms with Gasteiger partial charge >= 0.3 is 5.97 Å². The molecule has 1 aliphatic carbocycles. The Hall–Kier alpha value is -0.610. The first kappa shape index (κ1) is 13.5. The van der Waals surface area contributed by atoms with Crippen molar-refractivity contribution in [2.24, 2.45) is 17.3 Å². The zero-order valence-electron chi connectivity index (χ0n) is 10.8. The highest BCUT2D eigenvalue weighted by molar-refractivity contribution is 5.65. The number of rotatable bonds is 6. The number of hydrogen-bond donors (Lipinski definition) is 0. The maximum atomic E-state index is 10.8. The van der Waals surface area contributed by atoms with Gasteiger partial charge in [-0.25, -0.2) is 0 Å². The molecule has 0 amide bonds. The lowest BCUT2D eigenvalue weighted by Crippen LogP contribution is -2.15. The minimum absolute atomic E-state index is 0.161. The van der Waals surface area contributed by atoms with Crippen molar-refractivity contribution < 1.29 is 19.0 Å². The van der Waals surface area contributed by atoms with Crippen molar-refractivity contribution in [2.45, 2.75) is 33.5 Å². The van der Waals surface area contributed by atoms with Gasteiger partial charge in [0.15, 0.2) is 6.29 Å². The maximum Gasteiger partial charge on any atom is 0.302 e. The van der Waals surface area contributed by atoms with Gasteiger partial charge in [-0.05, 0) is 11.3 Å². The number of methoxy groups -OCH3 is 2. The lowest BCUT2D eigenvalue weighted by Gasteiger charge is -2.13. The van der Waals surface area contributed by atoms with Gasteiger partial charge in [-0.3, -0.25) is 4.79 Å². The zero-order valence-corrected chi connectivity index (χ0v) is 10.8. The van der Waals surface area contributed by atoms with Gasteiger partial charge in [-0.15, -0.1) is 0 Å².